The summed E-state index contributed by atoms with van der Waals surface area (Å²) in [6, 6.07) is 44.9. The number of nitrogens with one attached hydrogen (secondary N) is 1. The van der Waals surface area contributed by atoms with Crippen LogP contribution in [-0.2, 0) is 81.9 Å². The highest BCUT2D eigenvalue weighted by atomic mass is 16.6. The van der Waals surface area contributed by atoms with Crippen molar-refractivity contribution in [3.8, 4) is 34.5 Å². The minimum Gasteiger partial charge on any atom is -0.497 e. The molecule has 9 atom stereocenters. The maximum Gasteiger partial charge on any atom is 0.416 e. The van der Waals surface area contributed by atoms with Gasteiger partial charge in [0.2, 0.25) is 29.5 Å². The summed E-state index contributed by atoms with van der Waals surface area (Å²) in [6.07, 6.45) is 0.278. The largest absolute Gasteiger partial charge is 0.497 e. The number of methoxy groups -OCH3 is 6. The predicted octanol–water partition coefficient (Wildman–Crippen LogP) is 8.50. The third-order valence-electron chi connectivity index (χ3n) is 18.8. The topological polar surface area (TPSA) is 285 Å². The van der Waals surface area contributed by atoms with Crippen LogP contribution in [0.2, 0.25) is 0 Å². The van der Waals surface area contributed by atoms with Crippen LogP contribution in [0.4, 0.5) is 14.4 Å². The van der Waals surface area contributed by atoms with Crippen LogP contribution in [0.1, 0.15) is 54.2 Å². The van der Waals surface area contributed by atoms with Crippen LogP contribution >= 0.6 is 0 Å². The number of hydrogen-bond acceptors (Lipinski definition) is 18. The predicted molar refractivity (Wildman–Crippen MR) is 363 cm³/mol. The number of rotatable bonds is 21. The van der Waals surface area contributed by atoms with E-state index < -0.39 is 53.7 Å². The number of alkyl carbamates (subject to hydrolysis) is 1. The zero-order valence-electron chi connectivity index (χ0n) is 57.6. The molecule has 6 heterocycles. The van der Waals surface area contributed by atoms with Crippen molar-refractivity contribution in [2.45, 2.75) is 77.8 Å². The number of imide groups is 2. The van der Waals surface area contributed by atoms with Crippen LogP contribution < -0.4 is 33.7 Å². The van der Waals surface area contributed by atoms with Crippen LogP contribution in [0.25, 0.3) is 0 Å². The first-order valence-electron chi connectivity index (χ1n) is 32.9. The Bertz CT molecular complexity index is 3710. The monoisotopic (exact) mass is 1370 g/mol. The van der Waals surface area contributed by atoms with Gasteiger partial charge in [0, 0.05) is 86.0 Å². The van der Waals surface area contributed by atoms with Crippen LogP contribution in [0.15, 0.2) is 146 Å². The molecule has 2 unspecified atom stereocenters. The molecule has 0 bridgehead atoms. The van der Waals surface area contributed by atoms with Crippen molar-refractivity contribution in [1.82, 2.24) is 29.8 Å². The Labute approximate surface area is 581 Å². The Morgan fingerprint density at radius 3 is 1.06 bits per heavy atom. The molecule has 0 spiro atoms. The minimum atomic E-state index is -0.931. The van der Waals surface area contributed by atoms with E-state index in [-0.39, 0.29) is 86.6 Å². The number of carboxylic acid groups (broad SMARTS) is 1. The average Bonchev–Trinajstić information content (AvgIpc) is 1.64. The first kappa shape index (κ1) is 73.4. The van der Waals surface area contributed by atoms with E-state index in [1.807, 2.05) is 109 Å². The number of carboxylic acids is 1. The van der Waals surface area contributed by atoms with Gasteiger partial charge in [0.15, 0.2) is 0 Å². The fourth-order valence-corrected chi connectivity index (χ4v) is 13.0. The Kier molecular flexibility index (Phi) is 25.0. The lowest BCUT2D eigenvalue weighted by Crippen LogP contribution is -2.45. The third-order valence-corrected chi connectivity index (χ3v) is 18.8. The fourth-order valence-electron chi connectivity index (χ4n) is 13.0. The number of hydrogen-bond donors (Lipinski definition) is 2. The molecule has 0 aromatic heterocycles. The standard InChI is InChI=1S/2C25H28N2O6.C15H19NO5.C10H11NO2/c2*1-16-21(14-26(23(16)28)13-18-9-10-20(31-2)12-22(18)32-3)24(29)27-19(15-33-25(27)30)11-17-7-5-4-6-8-17;1-9-12(15(18)19)8-16(14(9)17)7-10-4-5-11(20-2)6-13(10)21-3;12-10-11-9(7-13-10)6-8-4-2-1-3-5-8/h2*4-10,12,16,19,21H,11,13-15H2,1-3H3;4-6,9,12H,7-8H2,1-3H3,(H,18,19);1-5,9H,6-7H2,(H,11,12)/t16-,19+,21+;16-,19-,21+;;9-/m01.1/s1. The number of likely N-dealkylation sites (tertiary alicyclic amines) is 3. The summed E-state index contributed by atoms with van der Waals surface area (Å²) in [4.78, 5) is 119. The highest BCUT2D eigenvalue weighted by Gasteiger charge is 2.50. The zero-order valence-corrected chi connectivity index (χ0v) is 57.6. The van der Waals surface area contributed by atoms with Crippen molar-refractivity contribution < 1.29 is 90.9 Å². The van der Waals surface area contributed by atoms with Gasteiger partial charge in [-0.25, -0.2) is 24.2 Å². The van der Waals surface area contributed by atoms with Crippen LogP contribution in [0.5, 0.6) is 34.5 Å². The Morgan fingerprint density at radius 2 is 0.760 bits per heavy atom. The molecule has 530 valence electrons. The lowest BCUT2D eigenvalue weighted by atomic mass is 9.95. The molecular formula is C75H86N6O19. The number of nitrogens with zero attached hydrogens (tertiary/aromatic N) is 5. The first-order valence-corrected chi connectivity index (χ1v) is 32.9. The number of carbonyl (C=O) groups is 9. The van der Waals surface area contributed by atoms with Gasteiger partial charge in [-0.15, -0.1) is 0 Å². The molecule has 2 N–H and O–H groups in total. The molecule has 8 amide bonds. The summed E-state index contributed by atoms with van der Waals surface area (Å²) in [5.74, 6) is -1.68. The second-order valence-corrected chi connectivity index (χ2v) is 25.1. The molecule has 25 heteroatoms. The zero-order chi connectivity index (χ0) is 71.7. The number of aliphatic carboxylic acids is 1. The molecule has 6 saturated heterocycles. The summed E-state index contributed by atoms with van der Waals surface area (Å²) in [6.45, 7) is 7.56. The van der Waals surface area contributed by atoms with Gasteiger partial charge in [0.05, 0.1) is 84.5 Å². The van der Waals surface area contributed by atoms with E-state index in [9.17, 15) is 43.2 Å². The summed E-state index contributed by atoms with van der Waals surface area (Å²) in [7, 11) is 9.38. The summed E-state index contributed by atoms with van der Waals surface area (Å²) in [5, 5.41) is 11.9. The lowest BCUT2D eigenvalue weighted by molar-refractivity contribution is -0.143. The van der Waals surface area contributed by atoms with Crippen molar-refractivity contribution in [2.24, 2.45) is 35.5 Å². The van der Waals surface area contributed by atoms with Gasteiger partial charge in [0.25, 0.3) is 0 Å². The second kappa shape index (κ2) is 34.1. The van der Waals surface area contributed by atoms with E-state index in [1.165, 1.54) is 15.4 Å². The van der Waals surface area contributed by atoms with Gasteiger partial charge in [0.1, 0.15) is 54.3 Å². The number of cyclic esters (lactones) is 3. The number of ether oxygens (including phenoxy) is 9. The van der Waals surface area contributed by atoms with E-state index in [4.69, 9.17) is 47.7 Å². The third kappa shape index (κ3) is 17.7. The smallest absolute Gasteiger partial charge is 0.416 e. The summed E-state index contributed by atoms with van der Waals surface area (Å²) in [5.41, 5.74) is 5.71. The summed E-state index contributed by atoms with van der Waals surface area (Å²) < 4.78 is 47.0. The fraction of sp³-hybridized carbons (Fsp3) is 0.400. The van der Waals surface area contributed by atoms with E-state index in [0.717, 1.165) is 34.2 Å². The van der Waals surface area contributed by atoms with Gasteiger partial charge in [-0.3, -0.25) is 28.8 Å². The highest BCUT2D eigenvalue weighted by molar-refractivity contribution is 6.00. The second-order valence-electron chi connectivity index (χ2n) is 25.1. The van der Waals surface area contributed by atoms with Crippen molar-refractivity contribution in [3.05, 3.63) is 179 Å². The molecule has 0 aliphatic carbocycles. The lowest BCUT2D eigenvalue weighted by Gasteiger charge is -2.24. The Hall–Kier alpha value is -10.9. The minimum absolute atomic E-state index is 0.126. The van der Waals surface area contributed by atoms with Gasteiger partial charge in [-0.2, -0.15) is 0 Å². The van der Waals surface area contributed by atoms with E-state index in [1.54, 1.807) is 115 Å². The Balaban J connectivity index is 0.000000164. The van der Waals surface area contributed by atoms with Gasteiger partial charge in [-0.05, 0) is 72.4 Å². The maximum atomic E-state index is 13.4. The first-order chi connectivity index (χ1) is 48.2. The van der Waals surface area contributed by atoms with Gasteiger partial charge < -0.3 is 67.8 Å². The SMILES string of the molecule is COc1ccc(CN2CC(C(=O)O)C(C)C2=O)c(OC)c1.COc1ccc(CN2C[C@@H](C(=O)N3C(=O)OC[C@H]3Cc3ccccc3)[C@H](C)C2=O)c(OC)c1.COc1ccc(CN2C[C@H](C(=O)N3C(=O)OC[C@H]3Cc3ccccc3)[C@@H](C)C2=O)c(OC)c1.O=C1N[C@H](Cc2ccccc2)CO1. The van der Waals surface area contributed by atoms with Crippen molar-refractivity contribution in [3.63, 3.8) is 0 Å². The average molecular weight is 1380 g/mol. The molecule has 6 aromatic rings. The highest BCUT2D eigenvalue weighted by Crippen LogP contribution is 2.36. The van der Waals surface area contributed by atoms with Crippen molar-refractivity contribution in [1.29, 1.82) is 0 Å². The van der Waals surface area contributed by atoms with Crippen molar-refractivity contribution >= 4 is 53.8 Å². The van der Waals surface area contributed by atoms with E-state index in [0.29, 0.717) is 73.6 Å². The molecule has 100 heavy (non-hydrogen) atoms. The van der Waals surface area contributed by atoms with Crippen LogP contribution in [-0.4, -0.2) is 184 Å². The molecule has 0 saturated carbocycles. The molecule has 0 radical (unpaired) electrons. The van der Waals surface area contributed by atoms with E-state index >= 15 is 0 Å². The van der Waals surface area contributed by atoms with Crippen LogP contribution in [0.3, 0.4) is 0 Å². The van der Waals surface area contributed by atoms with Gasteiger partial charge >= 0.3 is 24.2 Å². The van der Waals surface area contributed by atoms with Gasteiger partial charge in [-0.1, -0.05) is 112 Å². The number of benzene rings is 6. The Morgan fingerprint density at radius 1 is 0.430 bits per heavy atom. The quantitative estimate of drug-likeness (QED) is 0.0638. The van der Waals surface area contributed by atoms with E-state index in [2.05, 4.69) is 5.32 Å². The van der Waals surface area contributed by atoms with Crippen molar-refractivity contribution in [2.75, 3.05) is 82.1 Å². The number of carbonyl (C=O) groups excluding carboxylic acids is 8. The molecule has 6 aliphatic rings. The molecular weight excluding hydrogens is 1290 g/mol. The normalized spacial score (nSPS) is 22.1. The molecule has 6 fully saturated rings. The number of amides is 8. The molecule has 12 rings (SSSR count). The van der Waals surface area contributed by atoms with Crippen LogP contribution in [0, 0.1) is 35.5 Å². The molecule has 6 aromatic carbocycles. The molecule has 6 aliphatic heterocycles. The summed E-state index contributed by atoms with van der Waals surface area (Å²) >= 11 is 0. The maximum absolute atomic E-state index is 13.4. The molecule has 25 nitrogen and oxygen atoms in total.